The first kappa shape index (κ1) is 13.1. The van der Waals surface area contributed by atoms with Gasteiger partial charge in [0.15, 0.2) is 0 Å². The monoisotopic (exact) mass is 263 g/mol. The van der Waals surface area contributed by atoms with Crippen LogP contribution in [0.5, 0.6) is 0 Å². The van der Waals surface area contributed by atoms with Crippen molar-refractivity contribution in [2.24, 2.45) is 0 Å². The average Bonchev–Trinajstić information content (AvgIpc) is 2.91. The Kier molecular flexibility index (Phi) is 4.04. The minimum Gasteiger partial charge on any atom is -0.370 e. The lowest BCUT2D eigenvalue weighted by molar-refractivity contribution is 0.687. The summed E-state index contributed by atoms with van der Waals surface area (Å²) in [4.78, 5) is 6.79. The molecule has 0 saturated carbocycles. The quantitative estimate of drug-likeness (QED) is 0.902. The Hall–Kier alpha value is -1.32. The number of nitrogens with zero attached hydrogens (tertiary/aromatic N) is 2. The van der Waals surface area contributed by atoms with Gasteiger partial charge in [-0.3, -0.25) is 4.98 Å². The summed E-state index contributed by atoms with van der Waals surface area (Å²) in [6, 6.07) is 11.1. The first-order valence-corrected chi connectivity index (χ1v) is 6.13. The fourth-order valence-electron chi connectivity index (χ4n) is 2.56. The Balaban J connectivity index is 0.00000120. The van der Waals surface area contributed by atoms with Gasteiger partial charge in [-0.2, -0.15) is 0 Å². The molecule has 2 aromatic rings. The van der Waals surface area contributed by atoms with Gasteiger partial charge >= 0.3 is 0 Å². The van der Waals surface area contributed by atoms with Gasteiger partial charge < -0.3 is 10.2 Å². The molecule has 4 heteroatoms. The molecular formula is C14H18ClN3. The molecule has 1 aromatic carbocycles. The summed E-state index contributed by atoms with van der Waals surface area (Å²) in [7, 11) is 2.18. The molecule has 96 valence electrons. The van der Waals surface area contributed by atoms with Gasteiger partial charge in [0, 0.05) is 36.9 Å². The topological polar surface area (TPSA) is 28.2 Å². The standard InChI is InChI=1S/C14H17N3.ClH/c1-17(11-7-9-15-10-11)14-6-2-5-13-12(14)4-3-8-16-13;/h2-6,8,11,15H,7,9-10H2,1H3;1H/t11-;/m1./s1. The molecule has 0 amide bonds. The smallest absolute Gasteiger partial charge is 0.0722 e. The highest BCUT2D eigenvalue weighted by molar-refractivity contribution is 5.91. The van der Waals surface area contributed by atoms with Crippen LogP contribution in [-0.2, 0) is 0 Å². The molecule has 0 bridgehead atoms. The Morgan fingerprint density at radius 3 is 2.94 bits per heavy atom. The van der Waals surface area contributed by atoms with Crippen LogP contribution >= 0.6 is 12.4 Å². The third-order valence-electron chi connectivity index (χ3n) is 3.58. The number of anilines is 1. The first-order chi connectivity index (χ1) is 8.36. The summed E-state index contributed by atoms with van der Waals surface area (Å²) in [5.41, 5.74) is 2.35. The summed E-state index contributed by atoms with van der Waals surface area (Å²) in [6.07, 6.45) is 3.07. The molecule has 2 heterocycles. The number of pyridine rings is 1. The Morgan fingerprint density at radius 2 is 2.17 bits per heavy atom. The van der Waals surface area contributed by atoms with E-state index in [1.165, 1.54) is 17.5 Å². The van der Waals surface area contributed by atoms with Crippen LogP contribution in [0.25, 0.3) is 10.9 Å². The highest BCUT2D eigenvalue weighted by Gasteiger charge is 2.20. The van der Waals surface area contributed by atoms with Gasteiger partial charge in [0.05, 0.1) is 5.52 Å². The van der Waals surface area contributed by atoms with Gasteiger partial charge in [0.1, 0.15) is 0 Å². The van der Waals surface area contributed by atoms with E-state index in [2.05, 4.69) is 46.5 Å². The van der Waals surface area contributed by atoms with Crippen LogP contribution in [0, 0.1) is 0 Å². The number of fused-ring (bicyclic) bond motifs is 1. The van der Waals surface area contributed by atoms with Crippen LogP contribution in [0.4, 0.5) is 5.69 Å². The number of nitrogens with one attached hydrogen (secondary N) is 1. The van der Waals surface area contributed by atoms with E-state index in [1.807, 2.05) is 12.3 Å². The molecule has 18 heavy (non-hydrogen) atoms. The van der Waals surface area contributed by atoms with E-state index >= 15 is 0 Å². The lowest BCUT2D eigenvalue weighted by Gasteiger charge is -2.27. The van der Waals surface area contributed by atoms with Gasteiger partial charge in [-0.1, -0.05) is 6.07 Å². The van der Waals surface area contributed by atoms with E-state index in [-0.39, 0.29) is 12.4 Å². The predicted molar refractivity (Wildman–Crippen MR) is 78.7 cm³/mol. The molecule has 0 unspecified atom stereocenters. The Morgan fingerprint density at radius 1 is 1.28 bits per heavy atom. The average molecular weight is 264 g/mol. The molecule has 3 nitrogen and oxygen atoms in total. The maximum Gasteiger partial charge on any atom is 0.0722 e. The van der Waals surface area contributed by atoms with Crippen LogP contribution in [0.1, 0.15) is 6.42 Å². The van der Waals surface area contributed by atoms with Gasteiger partial charge in [-0.25, -0.2) is 0 Å². The van der Waals surface area contributed by atoms with E-state index < -0.39 is 0 Å². The van der Waals surface area contributed by atoms with Gasteiger partial charge in [0.2, 0.25) is 0 Å². The van der Waals surface area contributed by atoms with Gasteiger partial charge in [-0.15, -0.1) is 12.4 Å². The number of aromatic nitrogens is 1. The molecule has 0 radical (unpaired) electrons. The summed E-state index contributed by atoms with van der Waals surface area (Å²) >= 11 is 0. The summed E-state index contributed by atoms with van der Waals surface area (Å²) < 4.78 is 0. The molecule has 1 fully saturated rings. The molecule has 0 spiro atoms. The summed E-state index contributed by atoms with van der Waals surface area (Å²) in [5.74, 6) is 0. The Bertz CT molecular complexity index is 518. The highest BCUT2D eigenvalue weighted by atomic mass is 35.5. The third kappa shape index (κ3) is 2.28. The van der Waals surface area contributed by atoms with E-state index in [0.717, 1.165) is 18.6 Å². The predicted octanol–water partition coefficient (Wildman–Crippen LogP) is 2.45. The van der Waals surface area contributed by atoms with Crippen molar-refractivity contribution in [2.45, 2.75) is 12.5 Å². The van der Waals surface area contributed by atoms with Crippen LogP contribution in [0.3, 0.4) is 0 Å². The Labute approximate surface area is 114 Å². The van der Waals surface area contributed by atoms with Crippen LogP contribution in [0.2, 0.25) is 0 Å². The molecule has 1 saturated heterocycles. The third-order valence-corrected chi connectivity index (χ3v) is 3.58. The zero-order chi connectivity index (χ0) is 11.7. The zero-order valence-corrected chi connectivity index (χ0v) is 11.3. The van der Waals surface area contributed by atoms with Crippen LogP contribution in [-0.4, -0.2) is 31.2 Å². The summed E-state index contributed by atoms with van der Waals surface area (Å²) in [5, 5.41) is 4.65. The molecular weight excluding hydrogens is 246 g/mol. The SMILES string of the molecule is CN(c1cccc2ncccc12)[C@@H]1CCNC1.Cl. The van der Waals surface area contributed by atoms with E-state index in [9.17, 15) is 0 Å². The number of hydrogen-bond donors (Lipinski definition) is 1. The normalized spacial score (nSPS) is 18.6. The van der Waals surface area contributed by atoms with Crippen molar-refractivity contribution < 1.29 is 0 Å². The summed E-state index contributed by atoms with van der Waals surface area (Å²) in [6.45, 7) is 2.20. The van der Waals surface area contributed by atoms with Crippen molar-refractivity contribution in [2.75, 3.05) is 25.0 Å². The lowest BCUT2D eigenvalue weighted by Crippen LogP contribution is -2.33. The fourth-order valence-corrected chi connectivity index (χ4v) is 2.56. The highest BCUT2D eigenvalue weighted by Crippen LogP contribution is 2.26. The van der Waals surface area contributed by atoms with Gasteiger partial charge in [-0.05, 0) is 37.2 Å². The van der Waals surface area contributed by atoms with Crippen LogP contribution < -0.4 is 10.2 Å². The fraction of sp³-hybridized carbons (Fsp3) is 0.357. The number of halogens is 1. The maximum atomic E-state index is 4.41. The van der Waals surface area contributed by atoms with Crippen molar-refractivity contribution in [1.82, 2.24) is 10.3 Å². The number of likely N-dealkylation sites (N-methyl/N-ethyl adjacent to an activating group) is 1. The molecule has 1 aromatic heterocycles. The largest absolute Gasteiger partial charge is 0.370 e. The van der Waals surface area contributed by atoms with Crippen LogP contribution in [0.15, 0.2) is 36.5 Å². The van der Waals surface area contributed by atoms with Crippen molar-refractivity contribution >= 4 is 29.0 Å². The lowest BCUT2D eigenvalue weighted by atomic mass is 10.1. The second-order valence-electron chi connectivity index (χ2n) is 4.60. The van der Waals surface area contributed by atoms with Crippen molar-refractivity contribution in [3.05, 3.63) is 36.5 Å². The van der Waals surface area contributed by atoms with Crippen molar-refractivity contribution in [1.29, 1.82) is 0 Å². The van der Waals surface area contributed by atoms with E-state index in [4.69, 9.17) is 0 Å². The number of rotatable bonds is 2. The second kappa shape index (κ2) is 5.55. The maximum absolute atomic E-state index is 4.41. The molecule has 1 aliphatic heterocycles. The molecule has 1 atom stereocenters. The minimum atomic E-state index is 0. The van der Waals surface area contributed by atoms with Gasteiger partial charge in [0.25, 0.3) is 0 Å². The number of benzene rings is 1. The number of hydrogen-bond acceptors (Lipinski definition) is 3. The van der Waals surface area contributed by atoms with E-state index in [1.54, 1.807) is 0 Å². The molecule has 3 rings (SSSR count). The van der Waals surface area contributed by atoms with E-state index in [0.29, 0.717) is 6.04 Å². The molecule has 1 aliphatic rings. The minimum absolute atomic E-state index is 0. The van der Waals surface area contributed by atoms with Crippen molar-refractivity contribution in [3.8, 4) is 0 Å². The second-order valence-corrected chi connectivity index (χ2v) is 4.60. The first-order valence-electron chi connectivity index (χ1n) is 6.13. The van der Waals surface area contributed by atoms with Crippen molar-refractivity contribution in [3.63, 3.8) is 0 Å². The molecule has 0 aliphatic carbocycles. The zero-order valence-electron chi connectivity index (χ0n) is 10.5. The molecule has 1 N–H and O–H groups in total.